The summed E-state index contributed by atoms with van der Waals surface area (Å²) in [7, 11) is 3.21. The molecule has 4 aromatic rings. The smallest absolute Gasteiger partial charge is 0.228 e. The van der Waals surface area contributed by atoms with Crippen LogP contribution in [0.2, 0.25) is 0 Å². The fourth-order valence-electron chi connectivity index (χ4n) is 4.25. The van der Waals surface area contributed by atoms with E-state index in [4.69, 9.17) is 19.4 Å². The van der Waals surface area contributed by atoms with Gasteiger partial charge in [-0.3, -0.25) is 0 Å². The lowest BCUT2D eigenvalue weighted by Gasteiger charge is -2.24. The van der Waals surface area contributed by atoms with Crippen molar-refractivity contribution in [2.45, 2.75) is 25.4 Å². The Morgan fingerprint density at radius 3 is 2.69 bits per heavy atom. The van der Waals surface area contributed by atoms with E-state index in [0.29, 0.717) is 29.8 Å². The predicted molar refractivity (Wildman–Crippen MR) is 124 cm³/mol. The number of hydrogen-bond donors (Lipinski definition) is 3. The minimum Gasteiger partial charge on any atom is -0.493 e. The molecule has 0 saturated carbocycles. The van der Waals surface area contributed by atoms with Crippen LogP contribution >= 0.6 is 0 Å². The second kappa shape index (κ2) is 8.51. The maximum atomic E-state index is 9.79. The summed E-state index contributed by atoms with van der Waals surface area (Å²) in [5.74, 6) is 3.29. The van der Waals surface area contributed by atoms with Crippen LogP contribution in [0.25, 0.3) is 21.9 Å². The molecule has 0 radical (unpaired) electrons. The van der Waals surface area contributed by atoms with E-state index in [2.05, 4.69) is 20.2 Å². The lowest BCUT2D eigenvalue weighted by Crippen LogP contribution is -2.33. The first-order valence-corrected chi connectivity index (χ1v) is 10.7. The zero-order chi connectivity index (χ0) is 22.1. The van der Waals surface area contributed by atoms with Crippen molar-refractivity contribution in [3.05, 3.63) is 42.2 Å². The fraction of sp³-hybridized carbons (Fsp3) is 0.348. The normalized spacial score (nSPS) is 16.1. The van der Waals surface area contributed by atoms with Crippen molar-refractivity contribution in [1.82, 2.24) is 19.9 Å². The number of methoxy groups -OCH3 is 2. The number of nitrogens with one attached hydrogen (secondary N) is 2. The number of para-hydroxylation sites is 2. The van der Waals surface area contributed by atoms with Crippen molar-refractivity contribution in [1.29, 1.82) is 0 Å². The summed E-state index contributed by atoms with van der Waals surface area (Å²) in [4.78, 5) is 19.7. The van der Waals surface area contributed by atoms with Crippen LogP contribution in [0.3, 0.4) is 0 Å². The van der Waals surface area contributed by atoms with Gasteiger partial charge >= 0.3 is 0 Å². The summed E-state index contributed by atoms with van der Waals surface area (Å²) in [5.41, 5.74) is 2.65. The van der Waals surface area contributed by atoms with Crippen molar-refractivity contribution in [2.75, 3.05) is 37.6 Å². The Balaban J connectivity index is 1.56. The number of hydrogen-bond acceptors (Lipinski definition) is 8. The maximum absolute atomic E-state index is 9.79. The van der Waals surface area contributed by atoms with Gasteiger partial charge in [0, 0.05) is 18.0 Å². The third-order valence-electron chi connectivity index (χ3n) is 5.90. The average molecular weight is 435 g/mol. The Morgan fingerprint density at radius 1 is 1.09 bits per heavy atom. The van der Waals surface area contributed by atoms with Crippen molar-refractivity contribution in [3.63, 3.8) is 0 Å². The van der Waals surface area contributed by atoms with Crippen LogP contribution in [0, 0.1) is 0 Å². The number of aliphatic hydroxyl groups is 1. The molecule has 1 saturated heterocycles. The van der Waals surface area contributed by atoms with Gasteiger partial charge in [-0.1, -0.05) is 12.1 Å². The van der Waals surface area contributed by atoms with Gasteiger partial charge in [-0.2, -0.15) is 4.98 Å². The first-order chi connectivity index (χ1) is 15.7. The van der Waals surface area contributed by atoms with Gasteiger partial charge in [0.05, 0.1) is 50.0 Å². The summed E-state index contributed by atoms with van der Waals surface area (Å²) in [6.45, 7) is 1.36. The van der Waals surface area contributed by atoms with Gasteiger partial charge in [0.2, 0.25) is 5.95 Å². The van der Waals surface area contributed by atoms with E-state index in [1.165, 1.54) is 0 Å². The number of H-pyrrole nitrogens is 1. The third kappa shape index (κ3) is 3.64. The Morgan fingerprint density at radius 2 is 1.91 bits per heavy atom. The molecule has 0 spiro atoms. The molecule has 3 N–H and O–H groups in total. The van der Waals surface area contributed by atoms with Gasteiger partial charge in [-0.05, 0) is 31.0 Å². The molecule has 32 heavy (non-hydrogen) atoms. The number of benzene rings is 2. The number of aromatic amines is 1. The van der Waals surface area contributed by atoms with Crippen LogP contribution in [-0.2, 0) is 6.54 Å². The fourth-order valence-corrected chi connectivity index (χ4v) is 4.25. The molecule has 2 aromatic carbocycles. The lowest BCUT2D eigenvalue weighted by atomic mass is 10.2. The first-order valence-electron chi connectivity index (χ1n) is 10.7. The first kappa shape index (κ1) is 20.3. The molecule has 3 heterocycles. The van der Waals surface area contributed by atoms with Crippen LogP contribution in [0.4, 0.5) is 11.8 Å². The summed E-state index contributed by atoms with van der Waals surface area (Å²) in [6.07, 6.45) is 1.92. The highest BCUT2D eigenvalue weighted by Gasteiger charge is 2.27. The Labute approximate surface area is 185 Å². The average Bonchev–Trinajstić information content (AvgIpc) is 3.47. The third-order valence-corrected chi connectivity index (χ3v) is 5.90. The molecule has 5 rings (SSSR count). The van der Waals surface area contributed by atoms with Crippen LogP contribution in [0.1, 0.15) is 18.7 Å². The molecule has 9 heteroatoms. The summed E-state index contributed by atoms with van der Waals surface area (Å²) < 4.78 is 11.0. The highest BCUT2D eigenvalue weighted by atomic mass is 16.5. The number of nitrogens with zero attached hydrogens (tertiary/aromatic N) is 4. The van der Waals surface area contributed by atoms with Gasteiger partial charge in [0.15, 0.2) is 11.5 Å². The Kier molecular flexibility index (Phi) is 5.40. The minimum absolute atomic E-state index is 0.0239. The van der Waals surface area contributed by atoms with Gasteiger partial charge in [0.25, 0.3) is 0 Å². The van der Waals surface area contributed by atoms with Crippen molar-refractivity contribution in [2.24, 2.45) is 0 Å². The largest absolute Gasteiger partial charge is 0.493 e. The predicted octanol–water partition coefficient (Wildman–Crippen LogP) is 3.10. The molecule has 1 fully saturated rings. The molecule has 9 nitrogen and oxygen atoms in total. The number of ether oxygens (including phenoxy) is 2. The molecular weight excluding hydrogens is 408 g/mol. The standard InChI is InChI=1S/C23H26N6O3/c1-31-19-10-15-18(11-20(19)32-2)27-23(29-9-5-6-14(29)13-30)28-22(15)24-12-21-25-16-7-3-4-8-17(16)26-21/h3-4,7-8,10-11,14,30H,5-6,9,12-13H2,1-2H3,(H,25,26)(H,24,27,28). The van der Waals surface area contributed by atoms with Gasteiger partial charge < -0.3 is 29.8 Å². The Bertz CT molecular complexity index is 1220. The van der Waals surface area contributed by atoms with E-state index in [9.17, 15) is 5.11 Å². The second-order valence-electron chi connectivity index (χ2n) is 7.82. The van der Waals surface area contributed by atoms with E-state index in [-0.39, 0.29) is 12.6 Å². The van der Waals surface area contributed by atoms with Crippen LogP contribution in [-0.4, -0.2) is 58.5 Å². The molecule has 1 aliphatic heterocycles. The molecule has 0 bridgehead atoms. The van der Waals surface area contributed by atoms with Crippen LogP contribution in [0.5, 0.6) is 11.5 Å². The summed E-state index contributed by atoms with van der Waals surface area (Å²) in [6, 6.07) is 11.7. The SMILES string of the molecule is COc1cc2nc(N3CCCC3CO)nc(NCc3nc4ccccc4[nH]3)c2cc1OC. The number of rotatable bonds is 7. The molecular formula is C23H26N6O3. The highest BCUT2D eigenvalue weighted by molar-refractivity contribution is 5.92. The number of fused-ring (bicyclic) bond motifs is 2. The molecule has 0 aliphatic carbocycles. The minimum atomic E-state index is 0.0239. The van der Waals surface area contributed by atoms with E-state index >= 15 is 0 Å². The molecule has 1 unspecified atom stereocenters. The molecule has 166 valence electrons. The zero-order valence-electron chi connectivity index (χ0n) is 18.1. The number of imidazole rings is 1. The number of anilines is 2. The highest BCUT2D eigenvalue weighted by Crippen LogP contribution is 2.36. The van der Waals surface area contributed by atoms with Crippen molar-refractivity contribution < 1.29 is 14.6 Å². The summed E-state index contributed by atoms with van der Waals surface area (Å²) in [5, 5.41) is 14.0. The molecule has 2 aromatic heterocycles. The van der Waals surface area contributed by atoms with E-state index < -0.39 is 0 Å². The maximum Gasteiger partial charge on any atom is 0.228 e. The molecule has 1 aliphatic rings. The van der Waals surface area contributed by atoms with Gasteiger partial charge in [-0.15, -0.1) is 0 Å². The topological polar surface area (TPSA) is 108 Å². The zero-order valence-corrected chi connectivity index (χ0v) is 18.1. The van der Waals surface area contributed by atoms with Crippen LogP contribution < -0.4 is 19.7 Å². The Hall–Kier alpha value is -3.59. The van der Waals surface area contributed by atoms with Gasteiger partial charge in [0.1, 0.15) is 11.6 Å². The van der Waals surface area contributed by atoms with E-state index in [0.717, 1.165) is 47.1 Å². The van der Waals surface area contributed by atoms with Crippen LogP contribution in [0.15, 0.2) is 36.4 Å². The number of aliphatic hydroxyl groups excluding tert-OH is 1. The van der Waals surface area contributed by atoms with Gasteiger partial charge in [-0.25, -0.2) is 9.97 Å². The molecule has 0 amide bonds. The van der Waals surface area contributed by atoms with Crippen molar-refractivity contribution in [3.8, 4) is 11.5 Å². The quantitative estimate of drug-likeness (QED) is 0.407. The monoisotopic (exact) mass is 434 g/mol. The lowest BCUT2D eigenvalue weighted by molar-refractivity contribution is 0.265. The summed E-state index contributed by atoms with van der Waals surface area (Å²) >= 11 is 0. The van der Waals surface area contributed by atoms with E-state index in [1.54, 1.807) is 14.2 Å². The number of aromatic nitrogens is 4. The second-order valence-corrected chi connectivity index (χ2v) is 7.82. The van der Waals surface area contributed by atoms with Crippen molar-refractivity contribution >= 4 is 33.7 Å². The molecule has 1 atom stereocenters. The van der Waals surface area contributed by atoms with E-state index in [1.807, 2.05) is 36.4 Å².